The Hall–Kier alpha value is -1.42. The molecule has 82 valence electrons. The van der Waals surface area contributed by atoms with E-state index in [2.05, 4.69) is 20.9 Å². The number of aromatic nitrogens is 1. The third-order valence-corrected chi connectivity index (χ3v) is 2.68. The Labute approximate surface area is 102 Å². The second-order valence-electron chi connectivity index (χ2n) is 3.35. The number of hydrogen-bond acceptors (Lipinski definition) is 3. The first-order chi connectivity index (χ1) is 7.72. The van der Waals surface area contributed by atoms with Crippen LogP contribution in [0.1, 0.15) is 23.2 Å². The lowest BCUT2D eigenvalue weighted by molar-refractivity contribution is 0.101. The molecule has 0 saturated carbocycles. The number of hydrogen-bond donors (Lipinski definition) is 0. The molecule has 0 aliphatic rings. The Kier molecular flexibility index (Phi) is 3.19. The van der Waals surface area contributed by atoms with Gasteiger partial charge in [0.05, 0.1) is 5.33 Å². The molecule has 1 aromatic heterocycles. The number of carbonyl (C=O) groups excluding carboxylic acids is 1. The molecule has 0 N–H and O–H groups in total. The zero-order valence-electron chi connectivity index (χ0n) is 8.74. The molecule has 1 aromatic carbocycles. The van der Waals surface area contributed by atoms with Gasteiger partial charge < -0.3 is 4.42 Å². The fraction of sp³-hybridized carbons (Fsp3) is 0.167. The average Bonchev–Trinajstić information content (AvgIpc) is 2.74. The van der Waals surface area contributed by atoms with Crippen molar-refractivity contribution in [1.82, 2.24) is 4.98 Å². The van der Waals surface area contributed by atoms with Gasteiger partial charge in [0.15, 0.2) is 5.78 Å². The van der Waals surface area contributed by atoms with Crippen LogP contribution in [0, 0.1) is 0 Å². The van der Waals surface area contributed by atoms with Gasteiger partial charge in [-0.1, -0.05) is 34.1 Å². The third kappa shape index (κ3) is 2.07. The molecular weight excluding hydrogens is 270 g/mol. The van der Waals surface area contributed by atoms with Gasteiger partial charge in [-0.2, -0.15) is 0 Å². The number of ketones is 1. The van der Waals surface area contributed by atoms with Gasteiger partial charge in [0.2, 0.25) is 5.89 Å². The number of rotatable bonds is 3. The van der Waals surface area contributed by atoms with Crippen LogP contribution in [-0.2, 0) is 5.33 Å². The maximum atomic E-state index is 11.3. The zero-order chi connectivity index (χ0) is 11.5. The molecule has 0 radical (unpaired) electrons. The summed E-state index contributed by atoms with van der Waals surface area (Å²) in [5.41, 5.74) is 1.27. The van der Waals surface area contributed by atoms with E-state index in [-0.39, 0.29) is 5.78 Å². The van der Waals surface area contributed by atoms with Crippen molar-refractivity contribution in [3.8, 4) is 11.5 Å². The number of carbonyl (C=O) groups is 1. The van der Waals surface area contributed by atoms with Gasteiger partial charge in [0.25, 0.3) is 0 Å². The molecular formula is C12H10BrNO2. The first kappa shape index (κ1) is 11.1. The van der Waals surface area contributed by atoms with Crippen LogP contribution in [0.25, 0.3) is 11.5 Å². The summed E-state index contributed by atoms with van der Waals surface area (Å²) in [6.07, 6.45) is 0. The zero-order valence-corrected chi connectivity index (χ0v) is 10.3. The summed E-state index contributed by atoms with van der Waals surface area (Å²) < 4.78 is 5.53. The summed E-state index contributed by atoms with van der Waals surface area (Å²) in [7, 11) is 0. The summed E-state index contributed by atoms with van der Waals surface area (Å²) in [5, 5.41) is 0.488. The maximum Gasteiger partial charge on any atom is 0.227 e. The highest BCUT2D eigenvalue weighted by Crippen LogP contribution is 2.23. The van der Waals surface area contributed by atoms with E-state index >= 15 is 0 Å². The largest absolute Gasteiger partial charge is 0.439 e. The molecule has 2 rings (SSSR count). The summed E-state index contributed by atoms with van der Waals surface area (Å²) in [5.74, 6) is 0.979. The predicted molar refractivity (Wildman–Crippen MR) is 64.6 cm³/mol. The van der Waals surface area contributed by atoms with Gasteiger partial charge in [0.1, 0.15) is 11.5 Å². The minimum absolute atomic E-state index is 0.0830. The van der Waals surface area contributed by atoms with E-state index in [1.165, 1.54) is 6.92 Å². The molecule has 0 saturated heterocycles. The number of alkyl halides is 1. The Balaban J connectivity index is 2.48. The summed E-state index contributed by atoms with van der Waals surface area (Å²) in [6, 6.07) is 9.52. The van der Waals surface area contributed by atoms with Crippen molar-refractivity contribution in [2.45, 2.75) is 12.3 Å². The molecule has 0 fully saturated rings. The van der Waals surface area contributed by atoms with Gasteiger partial charge >= 0.3 is 0 Å². The van der Waals surface area contributed by atoms with Crippen molar-refractivity contribution < 1.29 is 9.21 Å². The number of oxazole rings is 1. The highest BCUT2D eigenvalue weighted by Gasteiger charge is 2.16. The van der Waals surface area contributed by atoms with E-state index in [0.29, 0.717) is 22.7 Å². The lowest BCUT2D eigenvalue weighted by Crippen LogP contribution is -1.95. The molecule has 0 atom stereocenters. The van der Waals surface area contributed by atoms with E-state index < -0.39 is 0 Å². The Morgan fingerprint density at radius 1 is 1.38 bits per heavy atom. The van der Waals surface area contributed by atoms with Crippen LogP contribution in [0.15, 0.2) is 34.7 Å². The molecule has 3 nitrogen and oxygen atoms in total. The summed E-state index contributed by atoms with van der Waals surface area (Å²) >= 11 is 3.28. The minimum Gasteiger partial charge on any atom is -0.439 e. The maximum absolute atomic E-state index is 11.3. The van der Waals surface area contributed by atoms with Crippen LogP contribution < -0.4 is 0 Å². The second kappa shape index (κ2) is 4.61. The van der Waals surface area contributed by atoms with Crippen molar-refractivity contribution in [3.63, 3.8) is 0 Å². The molecule has 0 unspecified atom stereocenters. The van der Waals surface area contributed by atoms with Crippen molar-refractivity contribution in [2.24, 2.45) is 0 Å². The van der Waals surface area contributed by atoms with E-state index in [9.17, 15) is 4.79 Å². The minimum atomic E-state index is -0.0830. The highest BCUT2D eigenvalue weighted by molar-refractivity contribution is 9.08. The normalized spacial score (nSPS) is 10.4. The third-order valence-electron chi connectivity index (χ3n) is 2.17. The number of Topliss-reactive ketones (excluding diaryl/α,β-unsaturated/α-hetero) is 1. The molecule has 0 spiro atoms. The lowest BCUT2D eigenvalue weighted by Gasteiger charge is -1.92. The smallest absolute Gasteiger partial charge is 0.227 e. The molecule has 4 heteroatoms. The molecule has 2 aromatic rings. The van der Waals surface area contributed by atoms with E-state index in [4.69, 9.17) is 4.42 Å². The van der Waals surface area contributed by atoms with Crippen LogP contribution in [0.3, 0.4) is 0 Å². The molecule has 16 heavy (non-hydrogen) atoms. The highest BCUT2D eigenvalue weighted by atomic mass is 79.9. The first-order valence-corrected chi connectivity index (χ1v) is 5.96. The van der Waals surface area contributed by atoms with Gasteiger partial charge in [-0.15, -0.1) is 0 Å². The topological polar surface area (TPSA) is 43.1 Å². The lowest BCUT2D eigenvalue weighted by atomic mass is 10.2. The van der Waals surface area contributed by atoms with Crippen LogP contribution >= 0.6 is 15.9 Å². The fourth-order valence-electron chi connectivity index (χ4n) is 1.42. The van der Waals surface area contributed by atoms with Crippen molar-refractivity contribution in [2.75, 3.05) is 0 Å². The predicted octanol–water partition coefficient (Wildman–Crippen LogP) is 3.44. The number of benzene rings is 1. The summed E-state index contributed by atoms with van der Waals surface area (Å²) in [6.45, 7) is 1.48. The monoisotopic (exact) mass is 279 g/mol. The van der Waals surface area contributed by atoms with Crippen LogP contribution in [0.2, 0.25) is 0 Å². The van der Waals surface area contributed by atoms with Crippen molar-refractivity contribution >= 4 is 21.7 Å². The SMILES string of the molecule is CC(=O)c1nc(-c2ccccc2)oc1CBr. The molecule has 0 aliphatic heterocycles. The van der Waals surface area contributed by atoms with Crippen molar-refractivity contribution in [1.29, 1.82) is 0 Å². The van der Waals surface area contributed by atoms with Gasteiger partial charge in [-0.3, -0.25) is 4.79 Å². The Morgan fingerprint density at radius 3 is 2.56 bits per heavy atom. The first-order valence-electron chi connectivity index (χ1n) is 4.84. The van der Waals surface area contributed by atoms with E-state index in [1.54, 1.807) is 0 Å². The number of halogens is 1. The van der Waals surface area contributed by atoms with Crippen LogP contribution in [0.4, 0.5) is 0 Å². The van der Waals surface area contributed by atoms with Crippen LogP contribution in [-0.4, -0.2) is 10.8 Å². The number of nitrogens with zero attached hydrogens (tertiary/aromatic N) is 1. The van der Waals surface area contributed by atoms with Crippen molar-refractivity contribution in [3.05, 3.63) is 41.8 Å². The molecule has 0 bridgehead atoms. The quantitative estimate of drug-likeness (QED) is 0.639. The molecule has 0 aliphatic carbocycles. The molecule has 0 amide bonds. The van der Waals surface area contributed by atoms with Gasteiger partial charge in [-0.25, -0.2) is 4.98 Å². The van der Waals surface area contributed by atoms with E-state index in [1.807, 2.05) is 30.3 Å². The Bertz CT molecular complexity index is 505. The fourth-order valence-corrected chi connectivity index (χ4v) is 1.80. The van der Waals surface area contributed by atoms with Gasteiger partial charge in [-0.05, 0) is 12.1 Å². The van der Waals surface area contributed by atoms with Crippen LogP contribution in [0.5, 0.6) is 0 Å². The standard InChI is InChI=1S/C12H10BrNO2/c1-8(15)11-10(7-13)16-12(14-11)9-5-3-2-4-6-9/h2-6H,7H2,1H3. The Morgan fingerprint density at radius 2 is 2.06 bits per heavy atom. The molecule has 1 heterocycles. The second-order valence-corrected chi connectivity index (χ2v) is 3.91. The van der Waals surface area contributed by atoms with E-state index in [0.717, 1.165) is 5.56 Å². The summed E-state index contributed by atoms with van der Waals surface area (Å²) in [4.78, 5) is 15.5. The van der Waals surface area contributed by atoms with Gasteiger partial charge in [0, 0.05) is 12.5 Å². The average molecular weight is 280 g/mol.